The molecule has 0 atom stereocenters. The zero-order chi connectivity index (χ0) is 22.3. The van der Waals surface area contributed by atoms with Crippen LogP contribution in [0.3, 0.4) is 0 Å². The molecule has 4 N–H and O–H groups in total. The van der Waals surface area contributed by atoms with Crippen molar-refractivity contribution in [1.82, 2.24) is 16.0 Å². The molecular formula is C24H24N4O4. The number of furan rings is 1. The SMILES string of the molecule is O=C(Nc1ccc(C(=O)NCc2cccc(C(=O)NCc3ccco3)c2)cc1)NC1CC1. The lowest BCUT2D eigenvalue weighted by Crippen LogP contribution is -2.30. The fraction of sp³-hybridized carbons (Fsp3) is 0.208. The highest BCUT2D eigenvalue weighted by molar-refractivity contribution is 5.96. The van der Waals surface area contributed by atoms with E-state index in [0.29, 0.717) is 29.1 Å². The molecule has 1 aliphatic carbocycles. The second-order valence-electron chi connectivity index (χ2n) is 7.60. The predicted octanol–water partition coefficient (Wildman–Crippen LogP) is 3.42. The summed E-state index contributed by atoms with van der Waals surface area (Å²) in [6, 6.07) is 17.3. The number of urea groups is 1. The zero-order valence-electron chi connectivity index (χ0n) is 17.4. The van der Waals surface area contributed by atoms with Gasteiger partial charge in [-0.2, -0.15) is 0 Å². The van der Waals surface area contributed by atoms with E-state index in [0.717, 1.165) is 18.4 Å². The first-order chi connectivity index (χ1) is 15.6. The number of carbonyl (C=O) groups excluding carboxylic acids is 3. The van der Waals surface area contributed by atoms with Crippen molar-refractivity contribution in [3.63, 3.8) is 0 Å². The highest BCUT2D eigenvalue weighted by atomic mass is 16.3. The molecule has 164 valence electrons. The third kappa shape index (κ3) is 5.98. The molecule has 2 aromatic carbocycles. The zero-order valence-corrected chi connectivity index (χ0v) is 17.4. The van der Waals surface area contributed by atoms with Crippen LogP contribution in [0.25, 0.3) is 0 Å². The number of anilines is 1. The highest BCUT2D eigenvalue weighted by Crippen LogP contribution is 2.19. The van der Waals surface area contributed by atoms with E-state index in [4.69, 9.17) is 4.42 Å². The molecule has 32 heavy (non-hydrogen) atoms. The second-order valence-corrected chi connectivity index (χ2v) is 7.60. The number of nitrogens with one attached hydrogen (secondary N) is 4. The van der Waals surface area contributed by atoms with Gasteiger partial charge in [0.15, 0.2) is 0 Å². The molecule has 1 aliphatic rings. The van der Waals surface area contributed by atoms with Crippen LogP contribution in [0, 0.1) is 0 Å². The second kappa shape index (κ2) is 9.82. The van der Waals surface area contributed by atoms with Crippen molar-refractivity contribution in [3.05, 3.63) is 89.4 Å². The van der Waals surface area contributed by atoms with Crippen LogP contribution in [-0.4, -0.2) is 23.9 Å². The third-order valence-corrected chi connectivity index (χ3v) is 4.96. The summed E-state index contributed by atoms with van der Waals surface area (Å²) in [5.74, 6) is 0.210. The minimum Gasteiger partial charge on any atom is -0.467 e. The van der Waals surface area contributed by atoms with Crippen LogP contribution < -0.4 is 21.3 Å². The molecule has 1 heterocycles. The van der Waals surface area contributed by atoms with Gasteiger partial charge in [-0.05, 0) is 66.9 Å². The van der Waals surface area contributed by atoms with E-state index in [-0.39, 0.29) is 30.4 Å². The lowest BCUT2D eigenvalue weighted by Gasteiger charge is -2.09. The third-order valence-electron chi connectivity index (χ3n) is 4.96. The maximum Gasteiger partial charge on any atom is 0.319 e. The minimum atomic E-state index is -0.244. The Balaban J connectivity index is 1.27. The first-order valence-corrected chi connectivity index (χ1v) is 10.4. The van der Waals surface area contributed by atoms with Crippen molar-refractivity contribution in [3.8, 4) is 0 Å². The Bertz CT molecular complexity index is 1090. The average molecular weight is 432 g/mol. The first-order valence-electron chi connectivity index (χ1n) is 10.4. The molecule has 0 bridgehead atoms. The van der Waals surface area contributed by atoms with Crippen molar-refractivity contribution in [2.45, 2.75) is 32.0 Å². The minimum absolute atomic E-state index is 0.219. The number of amides is 4. The lowest BCUT2D eigenvalue weighted by atomic mass is 10.1. The smallest absolute Gasteiger partial charge is 0.319 e. The van der Waals surface area contributed by atoms with Gasteiger partial charge in [-0.15, -0.1) is 0 Å². The van der Waals surface area contributed by atoms with Gasteiger partial charge in [-0.1, -0.05) is 12.1 Å². The molecule has 0 spiro atoms. The molecule has 8 nitrogen and oxygen atoms in total. The predicted molar refractivity (Wildman–Crippen MR) is 119 cm³/mol. The van der Waals surface area contributed by atoms with Gasteiger partial charge in [-0.25, -0.2) is 4.79 Å². The van der Waals surface area contributed by atoms with Crippen molar-refractivity contribution in [2.75, 3.05) is 5.32 Å². The summed E-state index contributed by atoms with van der Waals surface area (Å²) in [6.07, 6.45) is 3.59. The van der Waals surface area contributed by atoms with Crippen LogP contribution in [0.5, 0.6) is 0 Å². The van der Waals surface area contributed by atoms with Gasteiger partial charge in [-0.3, -0.25) is 9.59 Å². The quantitative estimate of drug-likeness (QED) is 0.437. The van der Waals surface area contributed by atoms with Gasteiger partial charge in [0, 0.05) is 29.4 Å². The van der Waals surface area contributed by atoms with E-state index in [1.165, 1.54) is 0 Å². The van der Waals surface area contributed by atoms with E-state index in [2.05, 4.69) is 21.3 Å². The molecule has 0 aliphatic heterocycles. The first kappa shape index (κ1) is 21.2. The van der Waals surface area contributed by atoms with E-state index >= 15 is 0 Å². The maximum atomic E-state index is 12.5. The highest BCUT2D eigenvalue weighted by Gasteiger charge is 2.23. The molecular weight excluding hydrogens is 408 g/mol. The standard InChI is InChI=1S/C24H24N4O4/c29-22(17-6-8-19(9-7-17)27-24(31)28-20-10-11-20)25-14-16-3-1-4-18(13-16)23(30)26-15-21-5-2-12-32-21/h1-9,12-13,20H,10-11,14-15H2,(H,25,29)(H,26,30)(H2,27,28,31). The number of carbonyl (C=O) groups is 3. The van der Waals surface area contributed by atoms with E-state index in [9.17, 15) is 14.4 Å². The van der Waals surface area contributed by atoms with Crippen molar-refractivity contribution in [2.24, 2.45) is 0 Å². The van der Waals surface area contributed by atoms with Gasteiger partial charge in [0.25, 0.3) is 11.8 Å². The van der Waals surface area contributed by atoms with Gasteiger partial charge in [0.2, 0.25) is 0 Å². The molecule has 3 aromatic rings. The summed E-state index contributed by atoms with van der Waals surface area (Å²) in [5, 5.41) is 11.2. The molecule has 8 heteroatoms. The van der Waals surface area contributed by atoms with E-state index < -0.39 is 0 Å². The fourth-order valence-corrected chi connectivity index (χ4v) is 3.07. The van der Waals surface area contributed by atoms with E-state index in [1.807, 2.05) is 6.07 Å². The molecule has 4 rings (SSSR count). The number of rotatable bonds is 8. The summed E-state index contributed by atoms with van der Waals surface area (Å²) in [6.45, 7) is 0.585. The fourth-order valence-electron chi connectivity index (χ4n) is 3.07. The molecule has 0 radical (unpaired) electrons. The summed E-state index contributed by atoms with van der Waals surface area (Å²) < 4.78 is 5.21. The van der Waals surface area contributed by atoms with Gasteiger partial charge < -0.3 is 25.7 Å². The van der Waals surface area contributed by atoms with E-state index in [1.54, 1.807) is 60.9 Å². The normalized spacial score (nSPS) is 12.6. The average Bonchev–Trinajstić information content (AvgIpc) is 3.46. The van der Waals surface area contributed by atoms with Gasteiger partial charge in [0.05, 0.1) is 12.8 Å². The van der Waals surface area contributed by atoms with Gasteiger partial charge in [0.1, 0.15) is 5.76 Å². The molecule has 1 fully saturated rings. The Hall–Kier alpha value is -4.07. The summed E-state index contributed by atoms with van der Waals surface area (Å²) >= 11 is 0. The Morgan fingerprint density at radius 2 is 1.59 bits per heavy atom. The molecule has 1 aromatic heterocycles. The Kier molecular flexibility index (Phi) is 6.50. The molecule has 1 saturated carbocycles. The van der Waals surface area contributed by atoms with Gasteiger partial charge >= 0.3 is 6.03 Å². The Morgan fingerprint density at radius 1 is 0.844 bits per heavy atom. The van der Waals surface area contributed by atoms with Crippen LogP contribution in [-0.2, 0) is 13.1 Å². The maximum absolute atomic E-state index is 12.5. The largest absolute Gasteiger partial charge is 0.467 e. The Morgan fingerprint density at radius 3 is 2.31 bits per heavy atom. The van der Waals surface area contributed by atoms with Crippen LogP contribution in [0.15, 0.2) is 71.3 Å². The molecule has 0 unspecified atom stereocenters. The molecule has 4 amide bonds. The van der Waals surface area contributed by atoms with Crippen LogP contribution in [0.4, 0.5) is 10.5 Å². The van der Waals surface area contributed by atoms with Crippen molar-refractivity contribution < 1.29 is 18.8 Å². The summed E-state index contributed by atoms with van der Waals surface area (Å²) in [5.41, 5.74) is 2.40. The molecule has 0 saturated heterocycles. The van der Waals surface area contributed by atoms with Crippen LogP contribution >= 0.6 is 0 Å². The number of hydrogen-bond acceptors (Lipinski definition) is 4. The topological polar surface area (TPSA) is 112 Å². The number of benzene rings is 2. The summed E-state index contributed by atoms with van der Waals surface area (Å²) in [4.78, 5) is 36.6. The van der Waals surface area contributed by atoms with Crippen molar-refractivity contribution in [1.29, 1.82) is 0 Å². The number of hydrogen-bond donors (Lipinski definition) is 4. The van der Waals surface area contributed by atoms with Crippen LogP contribution in [0.2, 0.25) is 0 Å². The lowest BCUT2D eigenvalue weighted by molar-refractivity contribution is 0.0943. The van der Waals surface area contributed by atoms with Crippen LogP contribution in [0.1, 0.15) is 44.9 Å². The monoisotopic (exact) mass is 432 g/mol. The Labute approximate surface area is 185 Å². The summed E-state index contributed by atoms with van der Waals surface area (Å²) in [7, 11) is 0. The van der Waals surface area contributed by atoms with Crippen molar-refractivity contribution >= 4 is 23.5 Å².